The first kappa shape index (κ1) is 13.8. The molecule has 0 aromatic rings. The molecule has 0 spiro atoms. The summed E-state index contributed by atoms with van der Waals surface area (Å²) in [7, 11) is 0. The van der Waals surface area contributed by atoms with Crippen molar-refractivity contribution in [1.29, 1.82) is 0 Å². The lowest BCUT2D eigenvalue weighted by Crippen LogP contribution is -2.56. The second-order valence-electron chi connectivity index (χ2n) is 4.54. The minimum absolute atomic E-state index is 0.0235. The molecule has 5 nitrogen and oxygen atoms in total. The third-order valence-corrected chi connectivity index (χ3v) is 3.30. The van der Waals surface area contributed by atoms with Crippen LogP contribution in [0, 0.1) is 5.92 Å². The molecule has 1 unspecified atom stereocenters. The Balaban J connectivity index is 2.51. The average molecular weight is 261 g/mol. The molecule has 0 aliphatic heterocycles. The van der Waals surface area contributed by atoms with E-state index in [0.717, 1.165) is 18.4 Å². The predicted octanol–water partition coefficient (Wildman–Crippen LogP) is 1.68. The molecule has 0 heterocycles. The SMILES string of the molecule is CC(=CCl)CNC(=O)NC(C)(C(=O)O)C1CC1. The van der Waals surface area contributed by atoms with E-state index in [4.69, 9.17) is 16.7 Å². The van der Waals surface area contributed by atoms with Crippen molar-refractivity contribution in [2.45, 2.75) is 32.2 Å². The molecule has 1 saturated carbocycles. The zero-order chi connectivity index (χ0) is 13.1. The Hall–Kier alpha value is -1.23. The Labute approximate surface area is 105 Å². The Kier molecular flexibility index (Phi) is 4.40. The van der Waals surface area contributed by atoms with E-state index in [9.17, 15) is 9.59 Å². The standard InChI is InChI=1S/C11H17ClN2O3/c1-7(5-12)6-13-10(17)14-11(2,9(15)16)8-3-4-8/h5,8H,3-4,6H2,1-2H3,(H,15,16)(H2,13,14,17). The largest absolute Gasteiger partial charge is 0.480 e. The molecule has 2 amide bonds. The van der Waals surface area contributed by atoms with E-state index in [0.29, 0.717) is 6.54 Å². The average Bonchev–Trinajstić information content (AvgIpc) is 3.09. The quantitative estimate of drug-likeness (QED) is 0.704. The molecule has 0 aromatic heterocycles. The molecule has 1 rings (SSSR count). The number of carbonyl (C=O) groups is 2. The van der Waals surface area contributed by atoms with Crippen LogP contribution in [0.5, 0.6) is 0 Å². The van der Waals surface area contributed by atoms with Gasteiger partial charge in [-0.1, -0.05) is 11.6 Å². The summed E-state index contributed by atoms with van der Waals surface area (Å²) >= 11 is 5.45. The van der Waals surface area contributed by atoms with Crippen LogP contribution in [0.4, 0.5) is 4.79 Å². The molecule has 1 aliphatic rings. The third-order valence-electron chi connectivity index (χ3n) is 2.93. The smallest absolute Gasteiger partial charge is 0.329 e. The summed E-state index contributed by atoms with van der Waals surface area (Å²) in [4.78, 5) is 22.7. The fraction of sp³-hybridized carbons (Fsp3) is 0.636. The molecule has 3 N–H and O–H groups in total. The second kappa shape index (κ2) is 5.40. The predicted molar refractivity (Wildman–Crippen MR) is 64.9 cm³/mol. The molecule has 1 fully saturated rings. The van der Waals surface area contributed by atoms with Crippen LogP contribution in [0.25, 0.3) is 0 Å². The topological polar surface area (TPSA) is 78.4 Å². The zero-order valence-electron chi connectivity index (χ0n) is 9.92. The number of nitrogens with one attached hydrogen (secondary N) is 2. The van der Waals surface area contributed by atoms with E-state index in [1.54, 1.807) is 6.92 Å². The minimum atomic E-state index is -1.18. The maximum atomic E-state index is 11.6. The monoisotopic (exact) mass is 260 g/mol. The van der Waals surface area contributed by atoms with Gasteiger partial charge in [-0.05, 0) is 38.2 Å². The Morgan fingerprint density at radius 2 is 2.12 bits per heavy atom. The lowest BCUT2D eigenvalue weighted by molar-refractivity contribution is -0.144. The number of hydrogen-bond acceptors (Lipinski definition) is 2. The fourth-order valence-corrected chi connectivity index (χ4v) is 1.61. The van der Waals surface area contributed by atoms with Gasteiger partial charge < -0.3 is 15.7 Å². The van der Waals surface area contributed by atoms with Crippen molar-refractivity contribution < 1.29 is 14.7 Å². The summed E-state index contributed by atoms with van der Waals surface area (Å²) < 4.78 is 0. The Morgan fingerprint density at radius 1 is 1.53 bits per heavy atom. The maximum Gasteiger partial charge on any atom is 0.329 e. The number of aliphatic carboxylic acids is 1. The molecule has 0 aromatic carbocycles. The normalized spacial score (nSPS) is 19.4. The van der Waals surface area contributed by atoms with Crippen molar-refractivity contribution in [3.05, 3.63) is 11.1 Å². The first-order valence-corrected chi connectivity index (χ1v) is 5.89. The molecule has 6 heteroatoms. The van der Waals surface area contributed by atoms with Crippen LogP contribution in [0.2, 0.25) is 0 Å². The number of amides is 2. The van der Waals surface area contributed by atoms with Crippen LogP contribution in [0.3, 0.4) is 0 Å². The van der Waals surface area contributed by atoms with Gasteiger partial charge in [0, 0.05) is 12.1 Å². The van der Waals surface area contributed by atoms with Crippen LogP contribution in [-0.2, 0) is 4.79 Å². The maximum absolute atomic E-state index is 11.6. The van der Waals surface area contributed by atoms with Crippen molar-refractivity contribution in [2.24, 2.45) is 5.92 Å². The molecule has 17 heavy (non-hydrogen) atoms. The van der Waals surface area contributed by atoms with Gasteiger partial charge in [0.1, 0.15) is 5.54 Å². The first-order valence-electron chi connectivity index (χ1n) is 5.45. The van der Waals surface area contributed by atoms with Crippen LogP contribution in [0.15, 0.2) is 11.1 Å². The highest BCUT2D eigenvalue weighted by Crippen LogP contribution is 2.39. The summed E-state index contributed by atoms with van der Waals surface area (Å²) in [6, 6.07) is -0.486. The summed E-state index contributed by atoms with van der Waals surface area (Å²) in [6.07, 6.45) is 1.67. The van der Waals surface area contributed by atoms with Gasteiger partial charge in [0.25, 0.3) is 0 Å². The minimum Gasteiger partial charge on any atom is -0.480 e. The number of carboxylic acids is 1. The molecule has 0 bridgehead atoms. The van der Waals surface area contributed by atoms with Crippen molar-refractivity contribution in [2.75, 3.05) is 6.54 Å². The highest BCUT2D eigenvalue weighted by atomic mass is 35.5. The molecule has 0 radical (unpaired) electrons. The van der Waals surface area contributed by atoms with Gasteiger partial charge >= 0.3 is 12.0 Å². The summed E-state index contributed by atoms with van der Waals surface area (Å²) in [6.45, 7) is 3.61. The number of rotatable bonds is 5. The van der Waals surface area contributed by atoms with Crippen LogP contribution >= 0.6 is 11.6 Å². The number of hydrogen-bond donors (Lipinski definition) is 3. The van der Waals surface area contributed by atoms with E-state index in [1.165, 1.54) is 12.5 Å². The van der Waals surface area contributed by atoms with E-state index in [2.05, 4.69) is 10.6 Å². The van der Waals surface area contributed by atoms with Crippen molar-refractivity contribution in [3.8, 4) is 0 Å². The number of halogens is 1. The van der Waals surface area contributed by atoms with Crippen molar-refractivity contribution in [1.82, 2.24) is 10.6 Å². The van der Waals surface area contributed by atoms with Gasteiger partial charge in [-0.2, -0.15) is 0 Å². The van der Waals surface area contributed by atoms with Crippen molar-refractivity contribution >= 4 is 23.6 Å². The Morgan fingerprint density at radius 3 is 2.53 bits per heavy atom. The van der Waals surface area contributed by atoms with Crippen LogP contribution < -0.4 is 10.6 Å². The van der Waals surface area contributed by atoms with E-state index < -0.39 is 17.5 Å². The molecular weight excluding hydrogens is 244 g/mol. The van der Waals surface area contributed by atoms with Gasteiger partial charge in [0.15, 0.2) is 0 Å². The lowest BCUT2D eigenvalue weighted by Gasteiger charge is -2.26. The molecule has 0 saturated heterocycles. The number of urea groups is 1. The summed E-state index contributed by atoms with van der Waals surface area (Å²) in [5.74, 6) is -0.977. The highest BCUT2D eigenvalue weighted by molar-refractivity contribution is 6.25. The van der Waals surface area contributed by atoms with Crippen LogP contribution in [0.1, 0.15) is 26.7 Å². The van der Waals surface area contributed by atoms with E-state index >= 15 is 0 Å². The highest BCUT2D eigenvalue weighted by Gasteiger charge is 2.48. The van der Waals surface area contributed by atoms with E-state index in [1.807, 2.05) is 0 Å². The van der Waals surface area contributed by atoms with Gasteiger partial charge in [-0.25, -0.2) is 9.59 Å². The molecule has 96 valence electrons. The van der Waals surface area contributed by atoms with Gasteiger partial charge in [-0.15, -0.1) is 0 Å². The van der Waals surface area contributed by atoms with Gasteiger partial charge in [0.2, 0.25) is 0 Å². The lowest BCUT2D eigenvalue weighted by atomic mass is 9.96. The summed E-state index contributed by atoms with van der Waals surface area (Å²) in [5.41, 5.74) is 0.991. The first-order chi connectivity index (χ1) is 7.90. The summed E-state index contributed by atoms with van der Waals surface area (Å²) in [5, 5.41) is 14.2. The van der Waals surface area contributed by atoms with Crippen LogP contribution in [-0.4, -0.2) is 29.2 Å². The number of carbonyl (C=O) groups excluding carboxylic acids is 1. The fourth-order valence-electron chi connectivity index (χ4n) is 1.53. The Bertz CT molecular complexity index is 353. The third kappa shape index (κ3) is 3.63. The van der Waals surface area contributed by atoms with Gasteiger partial charge in [-0.3, -0.25) is 0 Å². The zero-order valence-corrected chi connectivity index (χ0v) is 10.7. The molecule has 1 aliphatic carbocycles. The van der Waals surface area contributed by atoms with Crippen molar-refractivity contribution in [3.63, 3.8) is 0 Å². The van der Waals surface area contributed by atoms with E-state index in [-0.39, 0.29) is 5.92 Å². The molecule has 1 atom stereocenters. The molecular formula is C11H17ClN2O3. The number of carboxylic acid groups (broad SMARTS) is 1. The second-order valence-corrected chi connectivity index (χ2v) is 4.76. The van der Waals surface area contributed by atoms with Gasteiger partial charge in [0.05, 0.1) is 0 Å².